The molecule has 7 nitrogen and oxygen atoms in total. The molecule has 0 saturated heterocycles. The van der Waals surface area contributed by atoms with Gasteiger partial charge in [-0.1, -0.05) is 23.9 Å². The number of rotatable bonds is 4. The summed E-state index contributed by atoms with van der Waals surface area (Å²) in [7, 11) is 0. The van der Waals surface area contributed by atoms with E-state index in [0.29, 0.717) is 22.0 Å². The van der Waals surface area contributed by atoms with Crippen molar-refractivity contribution in [3.8, 4) is 0 Å². The van der Waals surface area contributed by atoms with Gasteiger partial charge in [0.15, 0.2) is 5.17 Å². The highest BCUT2D eigenvalue weighted by molar-refractivity contribution is 8.14. The van der Waals surface area contributed by atoms with Gasteiger partial charge in [-0.2, -0.15) is 0 Å². The SMILES string of the molecule is CC1=C(C(=O)OC(C)C)C(c2cccc([N+](=O)[O-])c2)SC(N)=N1. The van der Waals surface area contributed by atoms with Crippen LogP contribution in [0.2, 0.25) is 0 Å². The molecule has 0 spiro atoms. The maximum absolute atomic E-state index is 12.4. The molecule has 8 heteroatoms. The van der Waals surface area contributed by atoms with Gasteiger partial charge < -0.3 is 10.5 Å². The Morgan fingerprint density at radius 3 is 2.78 bits per heavy atom. The van der Waals surface area contributed by atoms with Crippen LogP contribution < -0.4 is 5.73 Å². The highest BCUT2D eigenvalue weighted by Crippen LogP contribution is 2.42. The Hall–Kier alpha value is -2.35. The third-order valence-corrected chi connectivity index (χ3v) is 4.19. The van der Waals surface area contributed by atoms with E-state index in [0.717, 1.165) is 0 Å². The van der Waals surface area contributed by atoms with Gasteiger partial charge in [-0.3, -0.25) is 10.1 Å². The molecule has 0 aromatic heterocycles. The van der Waals surface area contributed by atoms with Crippen LogP contribution in [0.25, 0.3) is 0 Å². The second-order valence-corrected chi connectivity index (χ2v) is 6.38. The highest BCUT2D eigenvalue weighted by atomic mass is 32.2. The molecule has 1 aromatic carbocycles. The van der Waals surface area contributed by atoms with Crippen LogP contribution in [-0.2, 0) is 9.53 Å². The molecule has 0 aliphatic carbocycles. The number of aliphatic imine (C=N–C) groups is 1. The summed E-state index contributed by atoms with van der Waals surface area (Å²) < 4.78 is 5.27. The lowest BCUT2D eigenvalue weighted by Crippen LogP contribution is -2.23. The number of nitrogens with two attached hydrogens (primary N) is 1. The van der Waals surface area contributed by atoms with Gasteiger partial charge in [-0.05, 0) is 26.3 Å². The van der Waals surface area contributed by atoms with Gasteiger partial charge in [-0.25, -0.2) is 9.79 Å². The Kier molecular flexibility index (Phi) is 5.05. The van der Waals surface area contributed by atoms with Gasteiger partial charge in [-0.15, -0.1) is 0 Å². The molecule has 0 radical (unpaired) electrons. The number of carbonyl (C=O) groups is 1. The summed E-state index contributed by atoms with van der Waals surface area (Å²) in [5, 5.41) is 10.8. The molecule has 23 heavy (non-hydrogen) atoms. The van der Waals surface area contributed by atoms with Crippen molar-refractivity contribution in [2.45, 2.75) is 32.1 Å². The van der Waals surface area contributed by atoms with Gasteiger partial charge in [0.2, 0.25) is 0 Å². The summed E-state index contributed by atoms with van der Waals surface area (Å²) in [6, 6.07) is 6.14. The molecule has 0 amide bonds. The van der Waals surface area contributed by atoms with Crippen LogP contribution in [-0.4, -0.2) is 22.2 Å². The number of non-ortho nitro benzene ring substituents is 1. The zero-order valence-corrected chi connectivity index (χ0v) is 13.8. The Bertz CT molecular complexity index is 712. The molecule has 1 heterocycles. The minimum absolute atomic E-state index is 0.0431. The lowest BCUT2D eigenvalue weighted by Gasteiger charge is -2.24. The number of nitro groups is 1. The molecule has 0 saturated carbocycles. The number of amidine groups is 1. The zero-order chi connectivity index (χ0) is 17.1. The monoisotopic (exact) mass is 335 g/mol. The van der Waals surface area contributed by atoms with Crippen molar-refractivity contribution >= 4 is 28.6 Å². The summed E-state index contributed by atoms with van der Waals surface area (Å²) in [5.41, 5.74) is 7.19. The summed E-state index contributed by atoms with van der Waals surface area (Å²) in [4.78, 5) is 27.0. The molecule has 0 fully saturated rings. The Morgan fingerprint density at radius 1 is 1.48 bits per heavy atom. The van der Waals surface area contributed by atoms with Crippen molar-refractivity contribution < 1.29 is 14.5 Å². The highest BCUT2D eigenvalue weighted by Gasteiger charge is 2.32. The first kappa shape index (κ1) is 17.0. The predicted molar refractivity (Wildman–Crippen MR) is 89.0 cm³/mol. The molecule has 1 aliphatic heterocycles. The van der Waals surface area contributed by atoms with E-state index in [1.165, 1.54) is 23.9 Å². The number of ether oxygens (including phenoxy) is 1. The summed E-state index contributed by atoms with van der Waals surface area (Å²) in [5.74, 6) is -0.488. The first-order chi connectivity index (χ1) is 10.8. The molecule has 1 atom stereocenters. The fourth-order valence-electron chi connectivity index (χ4n) is 2.19. The third kappa shape index (κ3) is 3.89. The predicted octanol–water partition coefficient (Wildman–Crippen LogP) is 2.92. The number of allylic oxidation sites excluding steroid dienone is 1. The van der Waals surface area contributed by atoms with Crippen molar-refractivity contribution in [3.63, 3.8) is 0 Å². The molecule has 1 unspecified atom stereocenters. The smallest absolute Gasteiger partial charge is 0.337 e. The molecule has 122 valence electrons. The molecular formula is C15H17N3O4S. The van der Waals surface area contributed by atoms with Crippen LogP contribution in [0.5, 0.6) is 0 Å². The van der Waals surface area contributed by atoms with E-state index in [2.05, 4.69) is 4.99 Å². The van der Waals surface area contributed by atoms with Crippen molar-refractivity contribution in [1.82, 2.24) is 0 Å². The van der Waals surface area contributed by atoms with E-state index in [1.807, 2.05) is 0 Å². The Balaban J connectivity index is 2.47. The minimum Gasteiger partial charge on any atom is -0.460 e. The average molecular weight is 335 g/mol. The van der Waals surface area contributed by atoms with Gasteiger partial charge >= 0.3 is 5.97 Å². The number of benzene rings is 1. The number of nitro benzene ring substituents is 1. The molecular weight excluding hydrogens is 318 g/mol. The maximum Gasteiger partial charge on any atom is 0.337 e. The van der Waals surface area contributed by atoms with Crippen molar-refractivity contribution in [1.29, 1.82) is 0 Å². The lowest BCUT2D eigenvalue weighted by molar-refractivity contribution is -0.384. The number of carbonyl (C=O) groups excluding carboxylic acids is 1. The molecule has 0 bridgehead atoms. The van der Waals surface area contributed by atoms with E-state index < -0.39 is 16.1 Å². The Morgan fingerprint density at radius 2 is 2.17 bits per heavy atom. The number of hydrogen-bond acceptors (Lipinski definition) is 7. The first-order valence-electron chi connectivity index (χ1n) is 6.96. The molecule has 2 N–H and O–H groups in total. The standard InChI is InChI=1S/C15H17N3O4S/c1-8(2)22-14(19)12-9(3)17-15(16)23-13(12)10-5-4-6-11(7-10)18(20)21/h4-8,13H,1-3H3,(H2,16,17). The largest absolute Gasteiger partial charge is 0.460 e. The number of thioether (sulfide) groups is 1. The molecule has 1 aromatic rings. The fourth-order valence-corrected chi connectivity index (χ4v) is 3.29. The summed E-state index contributed by atoms with van der Waals surface area (Å²) in [6.45, 7) is 5.18. The van der Waals surface area contributed by atoms with Gasteiger partial charge in [0, 0.05) is 12.1 Å². The van der Waals surface area contributed by atoms with E-state index in [1.54, 1.807) is 32.9 Å². The van der Waals surface area contributed by atoms with Gasteiger partial charge in [0.05, 0.1) is 27.5 Å². The van der Waals surface area contributed by atoms with Crippen molar-refractivity contribution in [3.05, 3.63) is 51.2 Å². The van der Waals surface area contributed by atoms with Gasteiger partial charge in [0.1, 0.15) is 0 Å². The summed E-state index contributed by atoms with van der Waals surface area (Å²) >= 11 is 1.17. The van der Waals surface area contributed by atoms with E-state index in [-0.39, 0.29) is 11.8 Å². The van der Waals surface area contributed by atoms with E-state index in [4.69, 9.17) is 10.5 Å². The third-order valence-electron chi connectivity index (χ3n) is 3.11. The fraction of sp³-hybridized carbons (Fsp3) is 0.333. The van der Waals surface area contributed by atoms with Crippen molar-refractivity contribution in [2.24, 2.45) is 10.7 Å². The number of hydrogen-bond donors (Lipinski definition) is 1. The van der Waals surface area contributed by atoms with Crippen LogP contribution in [0, 0.1) is 10.1 Å². The van der Waals surface area contributed by atoms with Crippen LogP contribution in [0.1, 0.15) is 31.6 Å². The first-order valence-corrected chi connectivity index (χ1v) is 7.84. The molecule has 2 rings (SSSR count). The second kappa shape index (κ2) is 6.82. The van der Waals surface area contributed by atoms with Crippen molar-refractivity contribution in [2.75, 3.05) is 0 Å². The Labute approximate surface area is 137 Å². The summed E-state index contributed by atoms with van der Waals surface area (Å²) in [6.07, 6.45) is -0.276. The van der Waals surface area contributed by atoms with Crippen LogP contribution in [0.3, 0.4) is 0 Å². The number of nitrogens with zero attached hydrogens (tertiary/aromatic N) is 2. The van der Waals surface area contributed by atoms with Gasteiger partial charge in [0.25, 0.3) is 5.69 Å². The number of esters is 1. The quantitative estimate of drug-likeness (QED) is 0.515. The topological polar surface area (TPSA) is 108 Å². The minimum atomic E-state index is -0.488. The second-order valence-electron chi connectivity index (χ2n) is 5.25. The molecule has 1 aliphatic rings. The maximum atomic E-state index is 12.4. The van der Waals surface area contributed by atoms with E-state index >= 15 is 0 Å². The van der Waals surface area contributed by atoms with Crippen LogP contribution in [0.4, 0.5) is 5.69 Å². The average Bonchev–Trinajstić information content (AvgIpc) is 2.45. The zero-order valence-electron chi connectivity index (χ0n) is 13.0. The van der Waals surface area contributed by atoms with Crippen LogP contribution >= 0.6 is 11.8 Å². The lowest BCUT2D eigenvalue weighted by atomic mass is 10.0. The normalized spacial score (nSPS) is 17.9. The van der Waals surface area contributed by atoms with Crippen LogP contribution in [0.15, 0.2) is 40.5 Å². The van der Waals surface area contributed by atoms with E-state index in [9.17, 15) is 14.9 Å².